The lowest BCUT2D eigenvalue weighted by atomic mass is 9.87. The van der Waals surface area contributed by atoms with Gasteiger partial charge in [0.1, 0.15) is 11.9 Å². The van der Waals surface area contributed by atoms with Crippen molar-refractivity contribution in [1.82, 2.24) is 9.80 Å². The van der Waals surface area contributed by atoms with Crippen molar-refractivity contribution in [2.75, 3.05) is 19.6 Å². The van der Waals surface area contributed by atoms with E-state index in [9.17, 15) is 14.3 Å². The fraction of sp³-hybridized carbons (Fsp3) is 0.409. The van der Waals surface area contributed by atoms with Crippen LogP contribution in [0.5, 0.6) is 5.75 Å². The van der Waals surface area contributed by atoms with Crippen molar-refractivity contribution in [3.8, 4) is 5.75 Å². The summed E-state index contributed by atoms with van der Waals surface area (Å²) in [4.78, 5) is 16.7. The van der Waals surface area contributed by atoms with Crippen LogP contribution in [0.25, 0.3) is 0 Å². The molecule has 3 atom stereocenters. The molecular weight excluding hydrogens is 379 g/mol. The van der Waals surface area contributed by atoms with Gasteiger partial charge in [0.25, 0.3) is 0 Å². The lowest BCUT2D eigenvalue weighted by Crippen LogP contribution is -2.49. The van der Waals surface area contributed by atoms with Crippen LogP contribution in [0.2, 0.25) is 5.02 Å². The number of carbonyl (C=O) groups excluding carboxylic acids is 1. The second-order valence-corrected chi connectivity index (χ2v) is 8.12. The number of rotatable bonds is 4. The smallest absolute Gasteiger partial charge is 0.240 e. The molecule has 0 aliphatic carbocycles. The molecule has 2 fully saturated rings. The third-order valence-electron chi connectivity index (χ3n) is 5.89. The van der Waals surface area contributed by atoms with Crippen LogP contribution in [-0.2, 0) is 11.3 Å². The van der Waals surface area contributed by atoms with Crippen molar-refractivity contribution in [2.45, 2.75) is 37.5 Å². The maximum atomic E-state index is 14.9. The van der Waals surface area contributed by atoms with Gasteiger partial charge in [0.2, 0.25) is 5.91 Å². The number of halogens is 2. The van der Waals surface area contributed by atoms with Crippen molar-refractivity contribution in [3.63, 3.8) is 0 Å². The summed E-state index contributed by atoms with van der Waals surface area (Å²) in [5.74, 6) is 0.0951. The maximum Gasteiger partial charge on any atom is 0.240 e. The van der Waals surface area contributed by atoms with Crippen LogP contribution in [-0.4, -0.2) is 52.7 Å². The zero-order valence-corrected chi connectivity index (χ0v) is 16.4. The van der Waals surface area contributed by atoms with E-state index in [2.05, 4.69) is 0 Å². The average molecular weight is 403 g/mol. The zero-order chi connectivity index (χ0) is 19.7. The number of phenols is 1. The minimum atomic E-state index is -1.02. The van der Waals surface area contributed by atoms with Gasteiger partial charge in [-0.2, -0.15) is 0 Å². The summed E-state index contributed by atoms with van der Waals surface area (Å²) in [6, 6.07) is 14.1. The Morgan fingerprint density at radius 3 is 2.43 bits per heavy atom. The van der Waals surface area contributed by atoms with Crippen LogP contribution in [0.15, 0.2) is 48.5 Å². The highest BCUT2D eigenvalue weighted by Crippen LogP contribution is 2.33. The number of nitrogens with zero attached hydrogens (tertiary/aromatic N) is 2. The molecular formula is C22H24ClFN2O2. The number of alkyl halides is 1. The fourth-order valence-corrected chi connectivity index (χ4v) is 4.46. The van der Waals surface area contributed by atoms with Crippen LogP contribution in [0.3, 0.4) is 0 Å². The Morgan fingerprint density at radius 2 is 1.75 bits per heavy atom. The summed E-state index contributed by atoms with van der Waals surface area (Å²) >= 11 is 5.92. The first-order valence-corrected chi connectivity index (χ1v) is 10.1. The van der Waals surface area contributed by atoms with Crippen molar-refractivity contribution in [1.29, 1.82) is 0 Å². The molecule has 2 heterocycles. The van der Waals surface area contributed by atoms with E-state index < -0.39 is 6.17 Å². The molecule has 0 radical (unpaired) electrons. The summed E-state index contributed by atoms with van der Waals surface area (Å²) < 4.78 is 14.9. The molecule has 1 unspecified atom stereocenters. The van der Waals surface area contributed by atoms with Gasteiger partial charge in [0.15, 0.2) is 0 Å². The van der Waals surface area contributed by atoms with Gasteiger partial charge in [-0.25, -0.2) is 4.39 Å². The first kappa shape index (κ1) is 19.2. The minimum absolute atomic E-state index is 0.0882. The molecule has 1 amide bonds. The van der Waals surface area contributed by atoms with E-state index in [0.29, 0.717) is 31.1 Å². The third kappa shape index (κ3) is 4.01. The molecule has 0 saturated carbocycles. The van der Waals surface area contributed by atoms with Gasteiger partial charge in [-0.15, -0.1) is 0 Å². The Kier molecular flexibility index (Phi) is 5.56. The van der Waals surface area contributed by atoms with E-state index >= 15 is 0 Å². The van der Waals surface area contributed by atoms with Gasteiger partial charge in [-0.3, -0.25) is 9.69 Å². The van der Waals surface area contributed by atoms with E-state index in [0.717, 1.165) is 17.5 Å². The van der Waals surface area contributed by atoms with Crippen LogP contribution >= 0.6 is 11.6 Å². The zero-order valence-electron chi connectivity index (χ0n) is 15.6. The standard InChI is InChI=1S/C22H24ClFN2O2/c23-17-5-1-15(2-6-17)13-26-12-10-21(22(26)28)25-11-9-19(20(24)14-25)16-3-7-18(27)8-4-16/h1-8,19-21,27H,9-14H2/t19-,20+,21?/m0/s1. The molecule has 4 nitrogen and oxygen atoms in total. The molecule has 6 heteroatoms. The van der Waals surface area contributed by atoms with Crippen LogP contribution < -0.4 is 0 Å². The number of hydrogen-bond donors (Lipinski definition) is 1. The predicted molar refractivity (Wildman–Crippen MR) is 107 cm³/mol. The van der Waals surface area contributed by atoms with Crippen LogP contribution in [0.1, 0.15) is 29.9 Å². The van der Waals surface area contributed by atoms with Crippen molar-refractivity contribution >= 4 is 17.5 Å². The highest BCUT2D eigenvalue weighted by molar-refractivity contribution is 6.30. The predicted octanol–water partition coefficient (Wildman–Crippen LogP) is 3.97. The first-order valence-electron chi connectivity index (χ1n) is 9.71. The second kappa shape index (κ2) is 8.10. The summed E-state index contributed by atoms with van der Waals surface area (Å²) in [7, 11) is 0. The SMILES string of the molecule is O=C1C(N2CC[C@@H](c3ccc(O)cc3)[C@H](F)C2)CCN1Cc1ccc(Cl)cc1. The lowest BCUT2D eigenvalue weighted by Gasteiger charge is -2.37. The monoisotopic (exact) mass is 402 g/mol. The maximum absolute atomic E-state index is 14.9. The highest BCUT2D eigenvalue weighted by atomic mass is 35.5. The number of hydrogen-bond acceptors (Lipinski definition) is 3. The third-order valence-corrected chi connectivity index (χ3v) is 6.14. The van der Waals surface area contributed by atoms with E-state index in [1.165, 1.54) is 0 Å². The molecule has 1 N–H and O–H groups in total. The molecule has 0 bridgehead atoms. The number of carbonyl (C=O) groups is 1. The Labute approximate surface area is 169 Å². The van der Waals surface area contributed by atoms with Crippen LogP contribution in [0.4, 0.5) is 4.39 Å². The van der Waals surface area contributed by atoms with Gasteiger partial charge >= 0.3 is 0 Å². The number of benzene rings is 2. The average Bonchev–Trinajstić information content (AvgIpc) is 3.05. The molecule has 28 heavy (non-hydrogen) atoms. The summed E-state index contributed by atoms with van der Waals surface area (Å²) in [5.41, 5.74) is 1.96. The topological polar surface area (TPSA) is 43.8 Å². The lowest BCUT2D eigenvalue weighted by molar-refractivity contribution is -0.133. The summed E-state index contributed by atoms with van der Waals surface area (Å²) in [5, 5.41) is 10.1. The second-order valence-electron chi connectivity index (χ2n) is 7.69. The van der Waals surface area contributed by atoms with E-state index in [4.69, 9.17) is 11.6 Å². The normalized spacial score (nSPS) is 26.0. The van der Waals surface area contributed by atoms with E-state index in [-0.39, 0.29) is 30.2 Å². The van der Waals surface area contributed by atoms with Gasteiger partial charge < -0.3 is 10.0 Å². The summed E-state index contributed by atoms with van der Waals surface area (Å²) in [6.07, 6.45) is 0.395. The number of aromatic hydroxyl groups is 1. The molecule has 4 rings (SSSR count). The molecule has 148 valence electrons. The largest absolute Gasteiger partial charge is 0.508 e. The molecule has 2 aromatic carbocycles. The van der Waals surface area contributed by atoms with Gasteiger partial charge in [0.05, 0.1) is 6.04 Å². The quantitative estimate of drug-likeness (QED) is 0.841. The molecule has 0 aromatic heterocycles. The number of amides is 1. The Morgan fingerprint density at radius 1 is 1.04 bits per heavy atom. The van der Waals surface area contributed by atoms with Crippen molar-refractivity contribution in [3.05, 3.63) is 64.7 Å². The highest BCUT2D eigenvalue weighted by Gasteiger charge is 2.40. The molecule has 2 aliphatic heterocycles. The first-order chi connectivity index (χ1) is 13.5. The number of likely N-dealkylation sites (tertiary alicyclic amines) is 2. The Hall–Kier alpha value is -2.11. The van der Waals surface area contributed by atoms with Crippen molar-refractivity contribution in [2.24, 2.45) is 0 Å². The van der Waals surface area contributed by atoms with E-state index in [1.807, 2.05) is 34.1 Å². The molecule has 2 aromatic rings. The number of phenolic OH excluding ortho intramolecular Hbond substituents is 1. The summed E-state index contributed by atoms with van der Waals surface area (Å²) in [6.45, 7) is 2.24. The fourth-order valence-electron chi connectivity index (χ4n) is 4.34. The van der Waals surface area contributed by atoms with Gasteiger partial charge in [0, 0.05) is 30.6 Å². The van der Waals surface area contributed by atoms with Gasteiger partial charge in [-0.05, 0) is 54.8 Å². The molecule has 2 saturated heterocycles. The Bertz CT molecular complexity index is 827. The molecule has 2 aliphatic rings. The minimum Gasteiger partial charge on any atom is -0.508 e. The van der Waals surface area contributed by atoms with E-state index in [1.54, 1.807) is 24.3 Å². The van der Waals surface area contributed by atoms with Crippen molar-refractivity contribution < 1.29 is 14.3 Å². The Balaban J connectivity index is 1.37. The molecule has 0 spiro atoms. The number of piperidine rings is 1. The van der Waals surface area contributed by atoms with Crippen LogP contribution in [0, 0.1) is 0 Å². The van der Waals surface area contributed by atoms with Gasteiger partial charge in [-0.1, -0.05) is 35.9 Å².